The molecule has 0 saturated carbocycles. The van der Waals surface area contributed by atoms with Crippen LogP contribution >= 0.6 is 0 Å². The summed E-state index contributed by atoms with van der Waals surface area (Å²) in [4.78, 5) is 0. The van der Waals surface area contributed by atoms with E-state index in [2.05, 4.69) is 26.0 Å². The molecule has 0 amide bonds. The molecule has 1 aliphatic rings. The quantitative estimate of drug-likeness (QED) is 0.761. The number of hydrogen-bond donors (Lipinski definition) is 1. The van der Waals surface area contributed by atoms with E-state index < -0.39 is 0 Å². The topological polar surface area (TPSA) is 23.5 Å². The van der Waals surface area contributed by atoms with Gasteiger partial charge in [0.1, 0.15) is 0 Å². The van der Waals surface area contributed by atoms with E-state index in [4.69, 9.17) is 0 Å². The summed E-state index contributed by atoms with van der Waals surface area (Å²) in [5.41, 5.74) is 1.01. The first kappa shape index (κ1) is 10.7. The summed E-state index contributed by atoms with van der Waals surface area (Å²) < 4.78 is 0. The zero-order valence-corrected chi connectivity index (χ0v) is 9.48. The molecular formula is C13H19NO. The third kappa shape index (κ3) is 1.92. The highest BCUT2D eigenvalue weighted by Crippen LogP contribution is 2.37. The average molecular weight is 205 g/mol. The molecule has 0 bridgehead atoms. The molecule has 0 radical (unpaired) electrons. The second kappa shape index (κ2) is 3.95. The summed E-state index contributed by atoms with van der Waals surface area (Å²) in [6.07, 6.45) is 2.21. The average Bonchev–Trinajstić information content (AvgIpc) is 2.25. The largest absolute Gasteiger partial charge is 0.313 e. The number of nitrogens with zero attached hydrogens (tertiary/aromatic N) is 1. The molecule has 1 N–H and O–H groups in total. The minimum Gasteiger partial charge on any atom is -0.313 e. The molecule has 2 rings (SSSR count). The Bertz CT molecular complexity index is 325. The summed E-state index contributed by atoms with van der Waals surface area (Å²) in [6, 6.07) is 10.3. The van der Waals surface area contributed by atoms with Crippen LogP contribution in [-0.4, -0.2) is 16.8 Å². The van der Waals surface area contributed by atoms with Crippen LogP contribution in [-0.2, 0) is 5.54 Å². The van der Waals surface area contributed by atoms with E-state index in [0.717, 1.165) is 13.0 Å². The Morgan fingerprint density at radius 3 is 2.60 bits per heavy atom. The highest BCUT2D eigenvalue weighted by Gasteiger charge is 2.37. The zero-order valence-electron chi connectivity index (χ0n) is 9.48. The minimum atomic E-state index is -0.201. The first-order valence-corrected chi connectivity index (χ1v) is 5.65. The maximum Gasteiger partial charge on any atom is 0.0680 e. The van der Waals surface area contributed by atoms with E-state index in [1.54, 1.807) is 0 Å². The lowest BCUT2D eigenvalue weighted by atomic mass is 9.81. The van der Waals surface area contributed by atoms with Gasteiger partial charge < -0.3 is 5.21 Å². The van der Waals surface area contributed by atoms with Gasteiger partial charge in [0.25, 0.3) is 0 Å². The number of hydrogen-bond acceptors (Lipinski definition) is 2. The van der Waals surface area contributed by atoms with Gasteiger partial charge in [-0.25, -0.2) is 0 Å². The van der Waals surface area contributed by atoms with Crippen molar-refractivity contribution in [3.05, 3.63) is 35.9 Å². The number of benzene rings is 1. The van der Waals surface area contributed by atoms with Crippen molar-refractivity contribution >= 4 is 0 Å². The van der Waals surface area contributed by atoms with Crippen LogP contribution < -0.4 is 0 Å². The molecule has 2 atom stereocenters. The number of hydroxylamine groups is 2. The van der Waals surface area contributed by atoms with Gasteiger partial charge in [-0.3, -0.25) is 0 Å². The summed E-state index contributed by atoms with van der Waals surface area (Å²) in [7, 11) is 0. The van der Waals surface area contributed by atoms with E-state index in [0.29, 0.717) is 5.92 Å². The highest BCUT2D eigenvalue weighted by atomic mass is 16.5. The smallest absolute Gasteiger partial charge is 0.0680 e. The molecule has 1 aromatic rings. The Morgan fingerprint density at radius 1 is 1.33 bits per heavy atom. The number of rotatable bonds is 1. The van der Waals surface area contributed by atoms with Crippen molar-refractivity contribution in [3.8, 4) is 0 Å². The predicted octanol–water partition coefficient (Wildman–Crippen LogP) is 3.02. The molecule has 1 fully saturated rings. The minimum absolute atomic E-state index is 0.201. The molecule has 2 unspecified atom stereocenters. The SMILES string of the molecule is CC1CCC(C)(c2ccccc2)N(O)C1. The Kier molecular flexibility index (Phi) is 2.81. The first-order chi connectivity index (χ1) is 7.13. The molecule has 0 aliphatic carbocycles. The van der Waals surface area contributed by atoms with Crippen molar-refractivity contribution in [2.24, 2.45) is 5.92 Å². The second-order valence-electron chi connectivity index (χ2n) is 4.87. The second-order valence-corrected chi connectivity index (χ2v) is 4.87. The Labute approximate surface area is 91.5 Å². The van der Waals surface area contributed by atoms with Crippen LogP contribution in [0.5, 0.6) is 0 Å². The van der Waals surface area contributed by atoms with Crippen LogP contribution in [0.15, 0.2) is 30.3 Å². The normalized spacial score (nSPS) is 32.9. The van der Waals surface area contributed by atoms with Gasteiger partial charge >= 0.3 is 0 Å². The first-order valence-electron chi connectivity index (χ1n) is 5.65. The van der Waals surface area contributed by atoms with Crippen molar-refractivity contribution in [3.63, 3.8) is 0 Å². The maximum absolute atomic E-state index is 10.1. The Hall–Kier alpha value is -0.860. The third-order valence-electron chi connectivity index (χ3n) is 3.57. The van der Waals surface area contributed by atoms with E-state index in [9.17, 15) is 5.21 Å². The van der Waals surface area contributed by atoms with Gasteiger partial charge in [0.05, 0.1) is 5.54 Å². The summed E-state index contributed by atoms with van der Waals surface area (Å²) in [6.45, 7) is 5.08. The fourth-order valence-electron chi connectivity index (χ4n) is 2.34. The van der Waals surface area contributed by atoms with E-state index in [-0.39, 0.29) is 5.54 Å². The summed E-state index contributed by atoms with van der Waals surface area (Å²) in [5, 5.41) is 11.6. The molecule has 1 aromatic carbocycles. The Balaban J connectivity index is 2.27. The lowest BCUT2D eigenvalue weighted by molar-refractivity contribution is -0.199. The molecule has 82 valence electrons. The van der Waals surface area contributed by atoms with Gasteiger partial charge in [-0.15, -0.1) is 0 Å². The monoisotopic (exact) mass is 205 g/mol. The van der Waals surface area contributed by atoms with Gasteiger partial charge in [-0.2, -0.15) is 5.06 Å². The summed E-state index contributed by atoms with van der Waals surface area (Å²) >= 11 is 0. The number of piperidine rings is 1. The fraction of sp³-hybridized carbons (Fsp3) is 0.538. The van der Waals surface area contributed by atoms with Crippen molar-refractivity contribution in [1.29, 1.82) is 0 Å². The van der Waals surface area contributed by atoms with Crippen LogP contribution in [0.2, 0.25) is 0 Å². The van der Waals surface area contributed by atoms with Crippen LogP contribution in [0, 0.1) is 5.92 Å². The standard InChI is InChI=1S/C13H19NO/c1-11-8-9-13(2,14(15)10-11)12-6-4-3-5-7-12/h3-7,11,15H,8-10H2,1-2H3. The van der Waals surface area contributed by atoms with Crippen LogP contribution in [0.25, 0.3) is 0 Å². The van der Waals surface area contributed by atoms with Gasteiger partial charge in [-0.1, -0.05) is 37.3 Å². The van der Waals surface area contributed by atoms with Crippen LogP contribution in [0.4, 0.5) is 0 Å². The van der Waals surface area contributed by atoms with Crippen molar-refractivity contribution in [1.82, 2.24) is 5.06 Å². The molecule has 0 aromatic heterocycles. The van der Waals surface area contributed by atoms with Crippen molar-refractivity contribution < 1.29 is 5.21 Å². The third-order valence-corrected chi connectivity index (χ3v) is 3.57. The molecule has 1 heterocycles. The molecule has 2 nitrogen and oxygen atoms in total. The van der Waals surface area contributed by atoms with E-state index in [1.807, 2.05) is 18.2 Å². The van der Waals surface area contributed by atoms with Gasteiger partial charge in [0.2, 0.25) is 0 Å². The van der Waals surface area contributed by atoms with Crippen LogP contribution in [0.3, 0.4) is 0 Å². The maximum atomic E-state index is 10.1. The summed E-state index contributed by atoms with van der Waals surface area (Å²) in [5.74, 6) is 0.590. The predicted molar refractivity (Wildman–Crippen MR) is 60.7 cm³/mol. The zero-order chi connectivity index (χ0) is 10.9. The lowest BCUT2D eigenvalue weighted by Gasteiger charge is -2.43. The molecule has 1 aliphatic heterocycles. The van der Waals surface area contributed by atoms with Gasteiger partial charge in [0.15, 0.2) is 0 Å². The van der Waals surface area contributed by atoms with Gasteiger partial charge in [0, 0.05) is 6.54 Å². The molecule has 0 spiro atoms. The Morgan fingerprint density at radius 2 is 2.00 bits per heavy atom. The van der Waals surface area contributed by atoms with Crippen molar-refractivity contribution in [2.75, 3.05) is 6.54 Å². The molecule has 1 saturated heterocycles. The van der Waals surface area contributed by atoms with Crippen molar-refractivity contribution in [2.45, 2.75) is 32.2 Å². The van der Waals surface area contributed by atoms with Crippen LogP contribution in [0.1, 0.15) is 32.3 Å². The molecule has 15 heavy (non-hydrogen) atoms. The van der Waals surface area contributed by atoms with E-state index >= 15 is 0 Å². The lowest BCUT2D eigenvalue weighted by Crippen LogP contribution is -2.47. The fourth-order valence-corrected chi connectivity index (χ4v) is 2.34. The molecular weight excluding hydrogens is 186 g/mol. The highest BCUT2D eigenvalue weighted by molar-refractivity contribution is 5.23. The molecule has 2 heteroatoms. The van der Waals surface area contributed by atoms with Gasteiger partial charge in [-0.05, 0) is 31.2 Å². The van der Waals surface area contributed by atoms with E-state index in [1.165, 1.54) is 17.0 Å².